The van der Waals surface area contributed by atoms with Gasteiger partial charge in [-0.15, -0.1) is 0 Å². The van der Waals surface area contributed by atoms with Crippen LogP contribution in [0.25, 0.3) is 0 Å². The molecule has 27 heavy (non-hydrogen) atoms. The van der Waals surface area contributed by atoms with Crippen LogP contribution >= 0.6 is 15.9 Å². The number of nitrogens with zero attached hydrogens (tertiary/aromatic N) is 4. The van der Waals surface area contributed by atoms with Crippen molar-refractivity contribution >= 4 is 27.5 Å². The third-order valence-corrected chi connectivity index (χ3v) is 4.03. The van der Waals surface area contributed by atoms with E-state index in [1.165, 1.54) is 12.4 Å². The second-order valence-electron chi connectivity index (χ2n) is 5.59. The topological polar surface area (TPSA) is 64.7 Å². The number of benzene rings is 1. The Hall–Kier alpha value is -2.69. The summed E-state index contributed by atoms with van der Waals surface area (Å²) in [7, 11) is 0. The lowest BCUT2D eigenvalue weighted by Crippen LogP contribution is -2.14. The highest BCUT2D eigenvalue weighted by Gasteiger charge is 2.19. The number of hydrogen-bond acceptors (Lipinski definition) is 3. The van der Waals surface area contributed by atoms with Crippen molar-refractivity contribution in [1.29, 1.82) is 0 Å². The zero-order valence-electron chi connectivity index (χ0n) is 13.6. The molecule has 0 atom stereocenters. The number of amides is 1. The van der Waals surface area contributed by atoms with Crippen molar-refractivity contribution < 1.29 is 22.4 Å². The molecule has 0 spiro atoms. The third-order valence-electron chi connectivity index (χ3n) is 3.62. The monoisotopic (exact) mass is 445 g/mol. The standard InChI is InChI=1S/C16H12BrF4N5O/c17-9-4-22-25(6-9)2-1-14(27)24-10-5-23-26(7-10)8-11-12(18)3-13(19)16(21)15(11)20/h3-7H,1-2,8H2,(H,24,27). The fourth-order valence-electron chi connectivity index (χ4n) is 2.33. The van der Waals surface area contributed by atoms with Crippen LogP contribution < -0.4 is 5.32 Å². The van der Waals surface area contributed by atoms with Crippen molar-refractivity contribution in [1.82, 2.24) is 19.6 Å². The van der Waals surface area contributed by atoms with Crippen LogP contribution in [0.5, 0.6) is 0 Å². The average molecular weight is 446 g/mol. The Bertz CT molecular complexity index is 987. The van der Waals surface area contributed by atoms with Gasteiger partial charge in [0.1, 0.15) is 5.82 Å². The van der Waals surface area contributed by atoms with E-state index in [0.29, 0.717) is 12.2 Å². The molecule has 2 heterocycles. The van der Waals surface area contributed by atoms with Crippen LogP contribution in [0, 0.1) is 23.3 Å². The van der Waals surface area contributed by atoms with Gasteiger partial charge < -0.3 is 5.32 Å². The van der Waals surface area contributed by atoms with Crippen molar-refractivity contribution in [3.05, 3.63) is 64.2 Å². The van der Waals surface area contributed by atoms with Crippen molar-refractivity contribution in [2.24, 2.45) is 0 Å². The number of aryl methyl sites for hydroxylation is 1. The van der Waals surface area contributed by atoms with Crippen LogP contribution in [-0.2, 0) is 17.9 Å². The Morgan fingerprint density at radius 2 is 1.78 bits per heavy atom. The van der Waals surface area contributed by atoms with E-state index in [2.05, 4.69) is 31.4 Å². The molecule has 2 aromatic heterocycles. The Morgan fingerprint density at radius 3 is 2.48 bits per heavy atom. The van der Waals surface area contributed by atoms with E-state index in [0.717, 1.165) is 9.15 Å². The second kappa shape index (κ2) is 7.91. The quantitative estimate of drug-likeness (QED) is 0.359. The summed E-state index contributed by atoms with van der Waals surface area (Å²) in [4.78, 5) is 11.9. The molecule has 0 radical (unpaired) electrons. The number of anilines is 1. The minimum Gasteiger partial charge on any atom is -0.323 e. The predicted molar refractivity (Wildman–Crippen MR) is 90.8 cm³/mol. The van der Waals surface area contributed by atoms with E-state index in [1.807, 2.05) is 0 Å². The largest absolute Gasteiger partial charge is 0.323 e. The molecule has 1 N–H and O–H groups in total. The third kappa shape index (κ3) is 4.54. The summed E-state index contributed by atoms with van der Waals surface area (Å²) in [5.41, 5.74) is -0.371. The molecular formula is C16H12BrF4N5O. The average Bonchev–Trinajstić information content (AvgIpc) is 3.24. The van der Waals surface area contributed by atoms with E-state index in [-0.39, 0.29) is 18.4 Å². The maximum atomic E-state index is 13.7. The molecule has 142 valence electrons. The number of carbonyl (C=O) groups is 1. The van der Waals surface area contributed by atoms with Gasteiger partial charge in [-0.3, -0.25) is 14.2 Å². The minimum absolute atomic E-state index is 0.145. The molecule has 6 nitrogen and oxygen atoms in total. The van der Waals surface area contributed by atoms with Gasteiger partial charge in [0.05, 0.1) is 29.1 Å². The highest BCUT2D eigenvalue weighted by molar-refractivity contribution is 9.10. The van der Waals surface area contributed by atoms with Gasteiger partial charge in [0, 0.05) is 37.0 Å². The summed E-state index contributed by atoms with van der Waals surface area (Å²) in [6.45, 7) is -0.108. The maximum absolute atomic E-state index is 13.7. The minimum atomic E-state index is -1.75. The van der Waals surface area contributed by atoms with E-state index in [1.54, 1.807) is 17.1 Å². The molecule has 3 aromatic rings. The van der Waals surface area contributed by atoms with Gasteiger partial charge in [0.2, 0.25) is 5.91 Å². The highest BCUT2D eigenvalue weighted by Crippen LogP contribution is 2.20. The summed E-state index contributed by atoms with van der Waals surface area (Å²) in [6, 6.07) is 0.271. The van der Waals surface area contributed by atoms with Crippen LogP contribution in [0.15, 0.2) is 35.3 Å². The van der Waals surface area contributed by atoms with Crippen LogP contribution in [0.3, 0.4) is 0 Å². The van der Waals surface area contributed by atoms with Crippen LogP contribution in [0.4, 0.5) is 23.2 Å². The summed E-state index contributed by atoms with van der Waals surface area (Å²) in [6.07, 6.45) is 6.06. The van der Waals surface area contributed by atoms with Crippen LogP contribution in [0.2, 0.25) is 0 Å². The molecule has 0 aliphatic heterocycles. The molecular weight excluding hydrogens is 434 g/mol. The fraction of sp³-hybridized carbons (Fsp3) is 0.188. The highest BCUT2D eigenvalue weighted by atomic mass is 79.9. The van der Waals surface area contributed by atoms with E-state index in [4.69, 9.17) is 0 Å². The van der Waals surface area contributed by atoms with Crippen LogP contribution in [-0.4, -0.2) is 25.5 Å². The molecule has 0 aliphatic rings. The Labute approximate surface area is 158 Å². The van der Waals surface area contributed by atoms with Crippen molar-refractivity contribution in [2.75, 3.05) is 5.32 Å². The molecule has 0 unspecified atom stereocenters. The van der Waals surface area contributed by atoms with Crippen molar-refractivity contribution in [2.45, 2.75) is 19.5 Å². The van der Waals surface area contributed by atoms with Gasteiger partial charge in [-0.05, 0) is 15.9 Å². The van der Waals surface area contributed by atoms with Gasteiger partial charge >= 0.3 is 0 Å². The lowest BCUT2D eigenvalue weighted by Gasteiger charge is -2.07. The van der Waals surface area contributed by atoms with Crippen molar-refractivity contribution in [3.8, 4) is 0 Å². The fourth-order valence-corrected chi connectivity index (χ4v) is 2.65. The zero-order valence-corrected chi connectivity index (χ0v) is 15.2. The van der Waals surface area contributed by atoms with E-state index >= 15 is 0 Å². The molecule has 3 rings (SSSR count). The Balaban J connectivity index is 1.62. The van der Waals surface area contributed by atoms with E-state index < -0.39 is 35.4 Å². The predicted octanol–water partition coefficient (Wildman–Crippen LogP) is 3.48. The number of hydrogen-bond donors (Lipinski definition) is 1. The Kier molecular flexibility index (Phi) is 5.59. The molecule has 0 aliphatic carbocycles. The summed E-state index contributed by atoms with van der Waals surface area (Å²) in [5, 5.41) is 10.4. The normalized spacial score (nSPS) is 11.0. The van der Waals surface area contributed by atoms with Gasteiger partial charge in [-0.1, -0.05) is 0 Å². The Morgan fingerprint density at radius 1 is 1.04 bits per heavy atom. The summed E-state index contributed by atoms with van der Waals surface area (Å²) >= 11 is 3.25. The molecule has 0 fully saturated rings. The number of aromatic nitrogens is 4. The molecule has 0 saturated heterocycles. The lowest BCUT2D eigenvalue weighted by atomic mass is 10.2. The number of carbonyl (C=O) groups excluding carboxylic acids is 1. The first-order valence-corrected chi connectivity index (χ1v) is 8.45. The van der Waals surface area contributed by atoms with Gasteiger partial charge in [-0.2, -0.15) is 10.2 Å². The molecule has 0 bridgehead atoms. The van der Waals surface area contributed by atoms with Gasteiger partial charge in [0.15, 0.2) is 17.5 Å². The summed E-state index contributed by atoms with van der Waals surface area (Å²) in [5.74, 6) is -6.51. The molecule has 1 amide bonds. The second-order valence-corrected chi connectivity index (χ2v) is 6.51. The van der Waals surface area contributed by atoms with Crippen molar-refractivity contribution in [3.63, 3.8) is 0 Å². The smallest absolute Gasteiger partial charge is 0.226 e. The van der Waals surface area contributed by atoms with Gasteiger partial charge in [-0.25, -0.2) is 17.6 Å². The van der Waals surface area contributed by atoms with Gasteiger partial charge in [0.25, 0.3) is 0 Å². The summed E-state index contributed by atoms with van der Waals surface area (Å²) < 4.78 is 57.1. The number of nitrogens with one attached hydrogen (secondary N) is 1. The number of halogens is 5. The first kappa shape index (κ1) is 19.1. The van der Waals surface area contributed by atoms with E-state index in [9.17, 15) is 22.4 Å². The zero-order chi connectivity index (χ0) is 19.6. The molecule has 0 saturated carbocycles. The lowest BCUT2D eigenvalue weighted by molar-refractivity contribution is -0.116. The first-order valence-electron chi connectivity index (χ1n) is 7.65. The maximum Gasteiger partial charge on any atom is 0.226 e. The molecule has 1 aromatic carbocycles. The number of rotatable bonds is 6. The first-order chi connectivity index (χ1) is 12.8. The van der Waals surface area contributed by atoms with Crippen LogP contribution in [0.1, 0.15) is 12.0 Å². The SMILES string of the molecule is O=C(CCn1cc(Br)cn1)Nc1cnn(Cc2c(F)cc(F)c(F)c2F)c1. The molecule has 11 heteroatoms.